The molecule has 3 aromatic rings. The largest absolute Gasteiger partial charge is 0.381 e. The molecule has 9 nitrogen and oxygen atoms in total. The van der Waals surface area contributed by atoms with Crippen molar-refractivity contribution in [1.82, 2.24) is 20.4 Å². The average Bonchev–Trinajstić information content (AvgIpc) is 3.19. The Kier molecular flexibility index (Phi) is 6.26. The fourth-order valence-corrected chi connectivity index (χ4v) is 5.67. The number of fused-ring (bicyclic) bond motifs is 2. The summed E-state index contributed by atoms with van der Waals surface area (Å²) >= 11 is 0. The third kappa shape index (κ3) is 4.82. The summed E-state index contributed by atoms with van der Waals surface area (Å²) in [6, 6.07) is 10.1. The van der Waals surface area contributed by atoms with Crippen LogP contribution in [-0.4, -0.2) is 40.2 Å². The highest BCUT2D eigenvalue weighted by Gasteiger charge is 2.58. The molecule has 0 radical (unpaired) electrons. The standard InChI is InChI=1S/C29H33N5O4/c1-29(2,3)28-33-27(38-34-28)26(36)31-22-7-5-4-6-18-12-16(8-9-19(18)22)17-10-11-30-23(13-17)32-25(35)24-20-14-37-15-21(20)24/h8-13,20-22,24H,4-7,14-15H2,1-3H3,(H,31,36)(H,30,32,35)/t20-,21-,22+/m1/s1. The number of hydrogen-bond acceptors (Lipinski definition) is 7. The number of nitrogens with zero attached hydrogens (tertiary/aromatic N) is 3. The van der Waals surface area contributed by atoms with Gasteiger partial charge in [-0.05, 0) is 65.5 Å². The van der Waals surface area contributed by atoms with Gasteiger partial charge in [-0.3, -0.25) is 9.59 Å². The third-order valence-corrected chi connectivity index (χ3v) is 7.90. The van der Waals surface area contributed by atoms with Crippen molar-refractivity contribution >= 4 is 17.6 Å². The summed E-state index contributed by atoms with van der Waals surface area (Å²) in [6.45, 7) is 7.29. The van der Waals surface area contributed by atoms with Crippen molar-refractivity contribution in [3.05, 3.63) is 59.4 Å². The Bertz CT molecular complexity index is 1370. The van der Waals surface area contributed by atoms with Crippen molar-refractivity contribution in [3.63, 3.8) is 0 Å². The van der Waals surface area contributed by atoms with Crippen LogP contribution in [0.3, 0.4) is 0 Å². The van der Waals surface area contributed by atoms with E-state index in [0.29, 0.717) is 36.7 Å². The van der Waals surface area contributed by atoms with Crippen LogP contribution in [0.1, 0.15) is 73.7 Å². The van der Waals surface area contributed by atoms with Gasteiger partial charge < -0.3 is 19.9 Å². The van der Waals surface area contributed by atoms with Gasteiger partial charge in [0.1, 0.15) is 5.82 Å². The van der Waals surface area contributed by atoms with Crippen molar-refractivity contribution < 1.29 is 18.8 Å². The van der Waals surface area contributed by atoms with E-state index in [-0.39, 0.29) is 35.1 Å². The number of nitrogens with one attached hydrogen (secondary N) is 2. The highest BCUT2D eigenvalue weighted by molar-refractivity contribution is 5.94. The first-order chi connectivity index (χ1) is 18.3. The molecule has 3 heterocycles. The van der Waals surface area contributed by atoms with Crippen LogP contribution in [0.2, 0.25) is 0 Å². The lowest BCUT2D eigenvalue weighted by Gasteiger charge is -2.19. The molecular weight excluding hydrogens is 482 g/mol. The quantitative estimate of drug-likeness (QED) is 0.482. The molecule has 0 unspecified atom stereocenters. The summed E-state index contributed by atoms with van der Waals surface area (Å²) in [5.41, 5.74) is 4.06. The third-order valence-electron chi connectivity index (χ3n) is 7.90. The molecule has 1 saturated carbocycles. The molecule has 38 heavy (non-hydrogen) atoms. The van der Waals surface area contributed by atoms with Gasteiger partial charge in [0.2, 0.25) is 5.91 Å². The summed E-state index contributed by atoms with van der Waals surface area (Å²) in [4.78, 5) is 34.3. The summed E-state index contributed by atoms with van der Waals surface area (Å²) in [7, 11) is 0. The monoisotopic (exact) mass is 515 g/mol. The van der Waals surface area contributed by atoms with Crippen LogP contribution in [0.4, 0.5) is 5.82 Å². The van der Waals surface area contributed by atoms with E-state index in [9.17, 15) is 9.59 Å². The van der Waals surface area contributed by atoms with Gasteiger partial charge in [0.05, 0.1) is 19.3 Å². The highest BCUT2D eigenvalue weighted by atomic mass is 16.5. The first-order valence-corrected chi connectivity index (χ1v) is 13.4. The number of pyridine rings is 1. The van der Waals surface area contributed by atoms with Gasteiger partial charge in [0, 0.05) is 17.5 Å². The number of carbonyl (C=O) groups excluding carboxylic acids is 2. The fraction of sp³-hybridized carbons (Fsp3) is 0.483. The SMILES string of the molecule is CC(C)(C)c1noc(C(=O)N[C@H]2CCCCc3cc(-c4ccnc(NC(=O)C5[C@@H]6COC[C@@H]56)c4)ccc32)n1. The fourth-order valence-electron chi connectivity index (χ4n) is 5.67. The predicted octanol–water partition coefficient (Wildman–Crippen LogP) is 4.46. The molecule has 3 atom stereocenters. The van der Waals surface area contributed by atoms with Crippen molar-refractivity contribution in [1.29, 1.82) is 0 Å². The van der Waals surface area contributed by atoms with E-state index in [1.165, 1.54) is 5.56 Å². The smallest absolute Gasteiger partial charge is 0.315 e. The molecule has 2 amide bonds. The Morgan fingerprint density at radius 2 is 1.82 bits per heavy atom. The molecule has 0 spiro atoms. The van der Waals surface area contributed by atoms with Crippen molar-refractivity contribution in [3.8, 4) is 11.1 Å². The number of benzene rings is 1. The Labute approximate surface area is 221 Å². The first kappa shape index (κ1) is 24.7. The predicted molar refractivity (Wildman–Crippen MR) is 140 cm³/mol. The number of anilines is 1. The van der Waals surface area contributed by atoms with E-state index < -0.39 is 0 Å². The van der Waals surface area contributed by atoms with Crippen LogP contribution in [0.25, 0.3) is 11.1 Å². The van der Waals surface area contributed by atoms with Crippen LogP contribution in [0.5, 0.6) is 0 Å². The Morgan fingerprint density at radius 3 is 2.58 bits per heavy atom. The summed E-state index contributed by atoms with van der Waals surface area (Å²) in [6.07, 6.45) is 5.56. The number of hydrogen-bond donors (Lipinski definition) is 2. The van der Waals surface area contributed by atoms with Crippen LogP contribution < -0.4 is 10.6 Å². The maximum Gasteiger partial charge on any atom is 0.315 e. The highest BCUT2D eigenvalue weighted by Crippen LogP contribution is 2.51. The topological polar surface area (TPSA) is 119 Å². The maximum absolute atomic E-state index is 12.9. The minimum atomic E-state index is -0.351. The Hall–Kier alpha value is -3.59. The Morgan fingerprint density at radius 1 is 1.03 bits per heavy atom. The molecule has 198 valence electrons. The number of aryl methyl sites for hydroxylation is 1. The molecule has 0 bridgehead atoms. The number of rotatable bonds is 5. The van der Waals surface area contributed by atoms with Crippen LogP contribution in [0.15, 0.2) is 41.1 Å². The van der Waals surface area contributed by atoms with Gasteiger partial charge in [0.15, 0.2) is 5.82 Å². The summed E-state index contributed by atoms with van der Waals surface area (Å²) in [5.74, 6) is 1.50. The van der Waals surface area contributed by atoms with Gasteiger partial charge in [-0.1, -0.05) is 50.5 Å². The van der Waals surface area contributed by atoms with Gasteiger partial charge in [-0.25, -0.2) is 4.98 Å². The summed E-state index contributed by atoms with van der Waals surface area (Å²) < 4.78 is 10.7. The normalized spacial score (nSPS) is 24.2. The molecular formula is C29H33N5O4. The van der Waals surface area contributed by atoms with Gasteiger partial charge >= 0.3 is 11.8 Å². The molecule has 1 aliphatic heterocycles. The van der Waals surface area contributed by atoms with Crippen molar-refractivity contribution in [2.45, 2.75) is 57.9 Å². The number of aromatic nitrogens is 3. The number of ether oxygens (including phenoxy) is 1. The molecule has 3 aliphatic rings. The first-order valence-electron chi connectivity index (χ1n) is 13.4. The second-order valence-electron chi connectivity index (χ2n) is 11.7. The number of carbonyl (C=O) groups is 2. The molecule has 6 rings (SSSR count). The van der Waals surface area contributed by atoms with Gasteiger partial charge in [-0.2, -0.15) is 4.98 Å². The molecule has 1 saturated heterocycles. The second-order valence-corrected chi connectivity index (χ2v) is 11.7. The molecule has 2 aliphatic carbocycles. The van der Waals surface area contributed by atoms with Crippen LogP contribution in [0, 0.1) is 17.8 Å². The van der Waals surface area contributed by atoms with Crippen LogP contribution in [-0.2, 0) is 21.4 Å². The second kappa shape index (κ2) is 9.62. The summed E-state index contributed by atoms with van der Waals surface area (Å²) in [5, 5.41) is 10.1. The van der Waals surface area contributed by atoms with Crippen molar-refractivity contribution in [2.75, 3.05) is 18.5 Å². The molecule has 2 aromatic heterocycles. The van der Waals surface area contributed by atoms with E-state index in [4.69, 9.17) is 9.26 Å². The molecule has 1 aromatic carbocycles. The van der Waals surface area contributed by atoms with Crippen LogP contribution >= 0.6 is 0 Å². The average molecular weight is 516 g/mol. The van der Waals surface area contributed by atoms with Gasteiger partial charge in [0.25, 0.3) is 0 Å². The molecule has 2 N–H and O–H groups in total. The zero-order valence-electron chi connectivity index (χ0n) is 22.0. The molecule has 2 fully saturated rings. The van der Waals surface area contributed by atoms with E-state index in [1.54, 1.807) is 6.20 Å². The van der Waals surface area contributed by atoms with E-state index in [2.05, 4.69) is 44.0 Å². The van der Waals surface area contributed by atoms with E-state index in [1.807, 2.05) is 32.9 Å². The van der Waals surface area contributed by atoms with E-state index >= 15 is 0 Å². The lowest BCUT2D eigenvalue weighted by molar-refractivity contribution is -0.118. The maximum atomic E-state index is 12.9. The lowest BCUT2D eigenvalue weighted by atomic mass is 9.94. The minimum absolute atomic E-state index is 0.00828. The van der Waals surface area contributed by atoms with E-state index in [0.717, 1.165) is 42.4 Å². The van der Waals surface area contributed by atoms with Gasteiger partial charge in [-0.15, -0.1) is 0 Å². The lowest BCUT2D eigenvalue weighted by Crippen LogP contribution is -2.29. The Balaban J connectivity index is 1.18. The van der Waals surface area contributed by atoms with Crippen molar-refractivity contribution in [2.24, 2.45) is 17.8 Å². The molecule has 9 heteroatoms. The zero-order valence-corrected chi connectivity index (χ0v) is 22.0. The number of amides is 2. The zero-order chi connectivity index (χ0) is 26.4. The minimum Gasteiger partial charge on any atom is -0.381 e.